The summed E-state index contributed by atoms with van der Waals surface area (Å²) < 4.78 is 21.6. The van der Waals surface area contributed by atoms with Crippen molar-refractivity contribution < 1.29 is 18.9 Å². The number of fused-ring (bicyclic) bond motifs is 3. The molecule has 0 unspecified atom stereocenters. The van der Waals surface area contributed by atoms with Crippen LogP contribution in [0, 0.1) is 0 Å². The van der Waals surface area contributed by atoms with Gasteiger partial charge in [-0.05, 0) is 68.8 Å². The van der Waals surface area contributed by atoms with Crippen LogP contribution < -0.4 is 24.3 Å². The van der Waals surface area contributed by atoms with E-state index < -0.39 is 0 Å². The predicted octanol–water partition coefficient (Wildman–Crippen LogP) is 8.42. The molecule has 0 saturated carbocycles. The first-order chi connectivity index (χ1) is 18.7. The van der Waals surface area contributed by atoms with Crippen molar-refractivity contribution in [1.29, 1.82) is 0 Å². The summed E-state index contributed by atoms with van der Waals surface area (Å²) in [7, 11) is 0. The lowest BCUT2D eigenvalue weighted by Gasteiger charge is -2.24. The zero-order valence-corrected chi connectivity index (χ0v) is 25.9. The van der Waals surface area contributed by atoms with E-state index in [2.05, 4.69) is 116 Å². The Hall–Kier alpha value is -3.34. The minimum atomic E-state index is 0.168. The van der Waals surface area contributed by atoms with E-state index in [4.69, 9.17) is 18.9 Å². The summed E-state index contributed by atoms with van der Waals surface area (Å²) in [5, 5.41) is 3.35. The third-order valence-electron chi connectivity index (χ3n) is 7.31. The van der Waals surface area contributed by atoms with Crippen molar-refractivity contribution in [3.63, 3.8) is 0 Å². The summed E-state index contributed by atoms with van der Waals surface area (Å²) >= 11 is 0. The Morgan fingerprint density at radius 2 is 1.05 bits per heavy atom. The van der Waals surface area contributed by atoms with E-state index in [-0.39, 0.29) is 16.2 Å². The second-order valence-corrected chi connectivity index (χ2v) is 13.7. The molecule has 3 aromatic carbocycles. The van der Waals surface area contributed by atoms with Gasteiger partial charge in [0.2, 0.25) is 6.79 Å². The summed E-state index contributed by atoms with van der Waals surface area (Å²) in [5.74, 6) is 3.78. The molecule has 3 aliphatic heterocycles. The van der Waals surface area contributed by atoms with E-state index in [1.54, 1.807) is 0 Å². The summed E-state index contributed by atoms with van der Waals surface area (Å²) in [6.45, 7) is 22.8. The molecule has 3 aromatic rings. The second-order valence-electron chi connectivity index (χ2n) is 13.7. The van der Waals surface area contributed by atoms with E-state index >= 15 is 0 Å². The number of nitrogens with one attached hydrogen (secondary N) is 1. The highest BCUT2D eigenvalue weighted by Gasteiger charge is 2.20. The molecule has 0 radical (unpaired) electrons. The van der Waals surface area contributed by atoms with Crippen molar-refractivity contribution in [2.75, 3.05) is 31.9 Å². The van der Waals surface area contributed by atoms with Crippen molar-refractivity contribution in [3.8, 4) is 23.0 Å². The van der Waals surface area contributed by atoms with E-state index in [1.165, 1.54) is 22.3 Å². The third-order valence-corrected chi connectivity index (χ3v) is 7.31. The molecule has 0 aromatic heterocycles. The molecule has 0 fully saturated rings. The molecule has 40 heavy (non-hydrogen) atoms. The molecule has 0 amide bonds. The van der Waals surface area contributed by atoms with Gasteiger partial charge in [0.1, 0.15) is 18.1 Å². The van der Waals surface area contributed by atoms with Crippen LogP contribution in [0.4, 0.5) is 5.69 Å². The maximum Gasteiger partial charge on any atom is 0.231 e. The molecule has 0 saturated heterocycles. The third kappa shape index (κ3) is 7.44. The lowest BCUT2D eigenvalue weighted by molar-refractivity contribution is 0.174. The molecule has 0 aliphatic carbocycles. The predicted molar refractivity (Wildman–Crippen MR) is 165 cm³/mol. The minimum Gasteiger partial charge on any atom is -0.493 e. The monoisotopic (exact) mass is 545 g/mol. The van der Waals surface area contributed by atoms with Gasteiger partial charge in [0, 0.05) is 13.0 Å². The topological polar surface area (TPSA) is 49.0 Å². The van der Waals surface area contributed by atoms with Crippen LogP contribution in [0.5, 0.6) is 23.0 Å². The van der Waals surface area contributed by atoms with Crippen LogP contribution >= 0.6 is 0 Å². The fourth-order valence-electron chi connectivity index (χ4n) is 4.62. The van der Waals surface area contributed by atoms with Crippen LogP contribution in [0.25, 0.3) is 0 Å². The Kier molecular flexibility index (Phi) is 8.63. The first kappa shape index (κ1) is 29.6. The highest BCUT2D eigenvalue weighted by molar-refractivity contribution is 5.60. The highest BCUT2D eigenvalue weighted by Crippen LogP contribution is 2.36. The average molecular weight is 546 g/mol. The number of anilines is 1. The zero-order valence-electron chi connectivity index (χ0n) is 25.9. The van der Waals surface area contributed by atoms with Crippen LogP contribution in [-0.2, 0) is 22.7 Å². The minimum absolute atomic E-state index is 0.168. The van der Waals surface area contributed by atoms with Gasteiger partial charge in [0.05, 0.1) is 12.3 Å². The first-order valence-electron chi connectivity index (χ1n) is 14.4. The molecule has 0 atom stereocenters. The van der Waals surface area contributed by atoms with Crippen molar-refractivity contribution in [2.45, 2.75) is 85.0 Å². The van der Waals surface area contributed by atoms with Crippen LogP contribution in [0.15, 0.2) is 54.6 Å². The SMILES string of the molecule is CC(C)(C)c1ccc2c(c1)CCO2.CC(C)(C)c1ccc2c(c1)NCCO2.CC(C)(C)c1ccc2c(c1)OCO2. The van der Waals surface area contributed by atoms with Crippen molar-refractivity contribution in [3.05, 3.63) is 76.9 Å². The Balaban J connectivity index is 0.000000139. The Bertz CT molecular complexity index is 1240. The molecular weight excluding hydrogens is 498 g/mol. The van der Waals surface area contributed by atoms with Gasteiger partial charge in [-0.15, -0.1) is 0 Å². The van der Waals surface area contributed by atoms with E-state index in [9.17, 15) is 0 Å². The lowest BCUT2D eigenvalue weighted by Crippen LogP contribution is -2.19. The molecule has 5 heteroatoms. The smallest absolute Gasteiger partial charge is 0.231 e. The number of hydrogen-bond donors (Lipinski definition) is 1. The number of hydrogen-bond acceptors (Lipinski definition) is 5. The molecule has 0 bridgehead atoms. The highest BCUT2D eigenvalue weighted by atomic mass is 16.7. The Labute approximate surface area is 241 Å². The summed E-state index contributed by atoms with van der Waals surface area (Å²) in [6.07, 6.45) is 1.07. The van der Waals surface area contributed by atoms with Gasteiger partial charge in [-0.25, -0.2) is 0 Å². The van der Waals surface area contributed by atoms with Gasteiger partial charge in [0.25, 0.3) is 0 Å². The molecule has 5 nitrogen and oxygen atoms in total. The van der Waals surface area contributed by atoms with E-state index in [0.717, 1.165) is 54.9 Å². The summed E-state index contributed by atoms with van der Waals surface area (Å²) in [6, 6.07) is 19.1. The molecule has 6 rings (SSSR count). The maximum absolute atomic E-state index is 5.53. The average Bonchev–Trinajstić information content (AvgIpc) is 3.56. The van der Waals surface area contributed by atoms with Crippen molar-refractivity contribution in [2.24, 2.45) is 0 Å². The van der Waals surface area contributed by atoms with Crippen LogP contribution in [0.1, 0.15) is 84.6 Å². The molecule has 3 aliphatic rings. The fraction of sp³-hybridized carbons (Fsp3) is 0.486. The number of benzene rings is 3. The van der Waals surface area contributed by atoms with Gasteiger partial charge < -0.3 is 24.3 Å². The summed E-state index contributed by atoms with van der Waals surface area (Å²) in [5.41, 5.74) is 7.13. The molecule has 216 valence electrons. The maximum atomic E-state index is 5.53. The van der Waals surface area contributed by atoms with Crippen LogP contribution in [0.2, 0.25) is 0 Å². The van der Waals surface area contributed by atoms with Crippen molar-refractivity contribution >= 4 is 5.69 Å². The van der Waals surface area contributed by atoms with E-state index in [0.29, 0.717) is 6.79 Å². The van der Waals surface area contributed by atoms with Crippen molar-refractivity contribution in [1.82, 2.24) is 0 Å². The van der Waals surface area contributed by atoms with Crippen LogP contribution in [0.3, 0.4) is 0 Å². The quantitative estimate of drug-likeness (QED) is 0.307. The number of rotatable bonds is 0. The van der Waals surface area contributed by atoms with Gasteiger partial charge >= 0.3 is 0 Å². The Morgan fingerprint density at radius 1 is 0.525 bits per heavy atom. The van der Waals surface area contributed by atoms with Gasteiger partial charge in [0.15, 0.2) is 11.5 Å². The number of ether oxygens (including phenoxy) is 4. The fourth-order valence-corrected chi connectivity index (χ4v) is 4.62. The van der Waals surface area contributed by atoms with Gasteiger partial charge in [-0.2, -0.15) is 0 Å². The van der Waals surface area contributed by atoms with Gasteiger partial charge in [-0.3, -0.25) is 0 Å². The molecule has 1 N–H and O–H groups in total. The largest absolute Gasteiger partial charge is 0.493 e. The lowest BCUT2D eigenvalue weighted by atomic mass is 9.86. The van der Waals surface area contributed by atoms with Crippen LogP contribution in [-0.4, -0.2) is 26.6 Å². The molecular formula is C35H47NO4. The standard InChI is InChI=1S/C12H17NO.C12H16O.C11H14O2/c1-12(2,3)9-4-5-11-10(8-9)13-6-7-14-11;1-12(2,3)10-4-5-11-9(8-10)6-7-13-11;1-11(2,3)8-4-5-9-10(6-8)13-7-12-9/h4-5,8,13H,6-7H2,1-3H3;4-5,8H,6-7H2,1-3H3;4-6H,7H2,1-3H3. The molecule has 3 heterocycles. The molecule has 0 spiro atoms. The first-order valence-corrected chi connectivity index (χ1v) is 14.4. The second kappa shape index (κ2) is 11.6. The van der Waals surface area contributed by atoms with E-state index in [1.807, 2.05) is 6.07 Å². The van der Waals surface area contributed by atoms with Gasteiger partial charge in [-0.1, -0.05) is 86.6 Å². The normalized spacial score (nSPS) is 15.1. The zero-order chi connectivity index (χ0) is 29.1. The summed E-state index contributed by atoms with van der Waals surface area (Å²) in [4.78, 5) is 0. The Morgan fingerprint density at radius 3 is 1.70 bits per heavy atom.